The van der Waals surface area contributed by atoms with E-state index in [0.717, 1.165) is 11.1 Å². The number of carbonyl (C=O) groups excluding carboxylic acids is 1. The highest BCUT2D eigenvalue weighted by atomic mass is 16.1. The lowest BCUT2D eigenvalue weighted by atomic mass is 10.0. The first-order valence-corrected chi connectivity index (χ1v) is 7.47. The summed E-state index contributed by atoms with van der Waals surface area (Å²) in [5.74, 6) is 0.246. The monoisotopic (exact) mass is 259 g/mol. The minimum absolute atomic E-state index is 0.246. The maximum Gasteiger partial charge on any atom is 0.176 e. The maximum absolute atomic E-state index is 12.3. The first-order valence-electron chi connectivity index (χ1n) is 7.47. The van der Waals surface area contributed by atoms with Gasteiger partial charge in [0.25, 0.3) is 0 Å². The van der Waals surface area contributed by atoms with Gasteiger partial charge in [-0.05, 0) is 32.9 Å². The van der Waals surface area contributed by atoms with Crippen molar-refractivity contribution in [2.45, 2.75) is 51.5 Å². The van der Waals surface area contributed by atoms with Crippen molar-refractivity contribution in [3.05, 3.63) is 35.4 Å². The van der Waals surface area contributed by atoms with Crippen molar-refractivity contribution in [1.29, 1.82) is 0 Å². The Kier molecular flexibility index (Phi) is 5.15. The third-order valence-electron chi connectivity index (χ3n) is 4.18. The van der Waals surface area contributed by atoms with Crippen LogP contribution in [0.4, 0.5) is 0 Å². The van der Waals surface area contributed by atoms with Crippen LogP contribution in [0.1, 0.15) is 54.4 Å². The molecule has 0 radical (unpaired) electrons. The van der Waals surface area contributed by atoms with Crippen LogP contribution in [0.25, 0.3) is 0 Å². The number of nitrogens with zero attached hydrogens (tertiary/aromatic N) is 1. The van der Waals surface area contributed by atoms with Crippen molar-refractivity contribution in [2.75, 3.05) is 13.6 Å². The molecular formula is C17H25NO. The number of hydrogen-bond donors (Lipinski definition) is 0. The van der Waals surface area contributed by atoms with Crippen LogP contribution in [0.2, 0.25) is 0 Å². The molecule has 0 unspecified atom stereocenters. The smallest absolute Gasteiger partial charge is 0.176 e. The van der Waals surface area contributed by atoms with Crippen LogP contribution in [0.5, 0.6) is 0 Å². The zero-order valence-corrected chi connectivity index (χ0v) is 12.2. The van der Waals surface area contributed by atoms with Crippen LogP contribution < -0.4 is 0 Å². The number of ketones is 1. The Morgan fingerprint density at radius 1 is 1.21 bits per heavy atom. The summed E-state index contributed by atoms with van der Waals surface area (Å²) in [6, 6.07) is 8.51. The van der Waals surface area contributed by atoms with E-state index < -0.39 is 0 Å². The molecule has 104 valence electrons. The van der Waals surface area contributed by atoms with Crippen molar-refractivity contribution in [3.63, 3.8) is 0 Å². The van der Waals surface area contributed by atoms with Gasteiger partial charge in [0.2, 0.25) is 0 Å². The van der Waals surface area contributed by atoms with E-state index in [-0.39, 0.29) is 5.78 Å². The average molecular weight is 259 g/mol. The highest BCUT2D eigenvalue weighted by molar-refractivity contribution is 5.97. The van der Waals surface area contributed by atoms with Gasteiger partial charge in [0.05, 0.1) is 6.54 Å². The third kappa shape index (κ3) is 4.17. The molecule has 0 amide bonds. The van der Waals surface area contributed by atoms with Gasteiger partial charge in [-0.2, -0.15) is 0 Å². The van der Waals surface area contributed by atoms with Crippen LogP contribution >= 0.6 is 0 Å². The van der Waals surface area contributed by atoms with Gasteiger partial charge in [0, 0.05) is 11.6 Å². The SMILES string of the molecule is Cc1cccc(C(=O)CN(C)C2CCCCCC2)c1. The summed E-state index contributed by atoms with van der Waals surface area (Å²) in [6.07, 6.45) is 7.84. The quantitative estimate of drug-likeness (QED) is 0.605. The Balaban J connectivity index is 1.94. The second-order valence-corrected chi connectivity index (χ2v) is 5.85. The van der Waals surface area contributed by atoms with Gasteiger partial charge in [-0.3, -0.25) is 9.69 Å². The van der Waals surface area contributed by atoms with Crippen molar-refractivity contribution in [1.82, 2.24) is 4.90 Å². The molecule has 1 fully saturated rings. The Morgan fingerprint density at radius 2 is 1.89 bits per heavy atom. The zero-order valence-electron chi connectivity index (χ0n) is 12.2. The molecule has 1 aromatic carbocycles. The lowest BCUT2D eigenvalue weighted by Gasteiger charge is -2.26. The van der Waals surface area contributed by atoms with Crippen LogP contribution in [-0.4, -0.2) is 30.3 Å². The lowest BCUT2D eigenvalue weighted by Crippen LogP contribution is -2.35. The number of likely N-dealkylation sites (N-methyl/N-ethyl adjacent to an activating group) is 1. The normalized spacial score (nSPS) is 17.4. The van der Waals surface area contributed by atoms with Crippen LogP contribution in [-0.2, 0) is 0 Å². The topological polar surface area (TPSA) is 20.3 Å². The molecule has 0 aliphatic heterocycles. The summed E-state index contributed by atoms with van der Waals surface area (Å²) in [4.78, 5) is 14.6. The molecule has 2 heteroatoms. The fourth-order valence-corrected chi connectivity index (χ4v) is 2.96. The molecular weight excluding hydrogens is 234 g/mol. The first kappa shape index (κ1) is 14.3. The number of Topliss-reactive ketones (excluding diaryl/α,β-unsaturated/α-hetero) is 1. The van der Waals surface area contributed by atoms with Gasteiger partial charge in [-0.1, -0.05) is 49.4 Å². The number of carbonyl (C=O) groups is 1. The standard InChI is InChI=1S/C17H25NO/c1-14-8-7-9-15(12-14)17(19)13-18(2)16-10-5-3-4-6-11-16/h7-9,12,16H,3-6,10-11,13H2,1-2H3. The maximum atomic E-state index is 12.3. The van der Waals surface area contributed by atoms with E-state index in [1.165, 1.54) is 38.5 Å². The summed E-state index contributed by atoms with van der Waals surface area (Å²) in [6.45, 7) is 2.58. The molecule has 2 rings (SSSR count). The highest BCUT2D eigenvalue weighted by Crippen LogP contribution is 2.21. The Labute approximate surface area is 116 Å². The Bertz CT molecular complexity index is 419. The van der Waals surface area contributed by atoms with E-state index in [2.05, 4.69) is 11.9 Å². The minimum Gasteiger partial charge on any atom is -0.296 e. The summed E-state index contributed by atoms with van der Waals surface area (Å²) in [5.41, 5.74) is 2.00. The van der Waals surface area contributed by atoms with Gasteiger partial charge in [0.1, 0.15) is 0 Å². The van der Waals surface area contributed by atoms with Gasteiger partial charge < -0.3 is 0 Å². The molecule has 0 atom stereocenters. The molecule has 1 aliphatic carbocycles. The molecule has 0 heterocycles. The summed E-state index contributed by atoms with van der Waals surface area (Å²) >= 11 is 0. The predicted molar refractivity (Wildman–Crippen MR) is 79.6 cm³/mol. The second-order valence-electron chi connectivity index (χ2n) is 5.85. The minimum atomic E-state index is 0.246. The number of hydrogen-bond acceptors (Lipinski definition) is 2. The molecule has 0 spiro atoms. The molecule has 2 nitrogen and oxygen atoms in total. The van der Waals surface area contributed by atoms with E-state index in [1.54, 1.807) is 0 Å². The van der Waals surface area contributed by atoms with Crippen LogP contribution in [0.3, 0.4) is 0 Å². The van der Waals surface area contributed by atoms with Gasteiger partial charge in [0.15, 0.2) is 5.78 Å². The predicted octanol–water partition coefficient (Wildman–Crippen LogP) is 3.83. The molecule has 1 saturated carbocycles. The molecule has 1 aliphatic rings. The number of aryl methyl sites for hydroxylation is 1. The molecule has 19 heavy (non-hydrogen) atoms. The molecule has 0 bridgehead atoms. The van der Waals surface area contributed by atoms with Crippen molar-refractivity contribution in [2.24, 2.45) is 0 Å². The van der Waals surface area contributed by atoms with Crippen molar-refractivity contribution < 1.29 is 4.79 Å². The number of benzene rings is 1. The van der Waals surface area contributed by atoms with Crippen LogP contribution in [0.15, 0.2) is 24.3 Å². The summed E-state index contributed by atoms with van der Waals surface area (Å²) < 4.78 is 0. The van der Waals surface area contributed by atoms with Gasteiger partial charge in [-0.15, -0.1) is 0 Å². The Hall–Kier alpha value is -1.15. The molecule has 1 aromatic rings. The fraction of sp³-hybridized carbons (Fsp3) is 0.588. The third-order valence-corrected chi connectivity index (χ3v) is 4.18. The average Bonchev–Trinajstić information content (AvgIpc) is 2.67. The van der Waals surface area contributed by atoms with Crippen LogP contribution in [0, 0.1) is 6.92 Å². The highest BCUT2D eigenvalue weighted by Gasteiger charge is 2.19. The molecule has 0 saturated heterocycles. The first-order chi connectivity index (χ1) is 9.16. The Morgan fingerprint density at radius 3 is 2.53 bits per heavy atom. The van der Waals surface area contributed by atoms with E-state index in [1.807, 2.05) is 31.2 Å². The molecule has 0 aromatic heterocycles. The zero-order chi connectivity index (χ0) is 13.7. The second kappa shape index (κ2) is 6.85. The summed E-state index contributed by atoms with van der Waals surface area (Å²) in [7, 11) is 2.10. The molecule has 0 N–H and O–H groups in total. The lowest BCUT2D eigenvalue weighted by molar-refractivity contribution is 0.0912. The van der Waals surface area contributed by atoms with E-state index in [0.29, 0.717) is 12.6 Å². The van der Waals surface area contributed by atoms with E-state index >= 15 is 0 Å². The van der Waals surface area contributed by atoms with Crippen molar-refractivity contribution >= 4 is 5.78 Å². The number of rotatable bonds is 4. The van der Waals surface area contributed by atoms with E-state index in [9.17, 15) is 4.79 Å². The fourth-order valence-electron chi connectivity index (χ4n) is 2.96. The van der Waals surface area contributed by atoms with E-state index in [4.69, 9.17) is 0 Å². The van der Waals surface area contributed by atoms with Gasteiger partial charge >= 0.3 is 0 Å². The van der Waals surface area contributed by atoms with Gasteiger partial charge in [-0.25, -0.2) is 0 Å². The van der Waals surface area contributed by atoms with Crippen molar-refractivity contribution in [3.8, 4) is 0 Å². The largest absolute Gasteiger partial charge is 0.296 e. The summed E-state index contributed by atoms with van der Waals surface area (Å²) in [5, 5.41) is 0.